The Balaban J connectivity index is 2.53. The van der Waals surface area contributed by atoms with Gasteiger partial charge in [0.25, 0.3) is 5.89 Å². The van der Waals surface area contributed by atoms with Crippen molar-refractivity contribution in [1.29, 1.82) is 0 Å². The molecule has 0 amide bonds. The van der Waals surface area contributed by atoms with E-state index >= 15 is 0 Å². The number of hydrogen-bond donors (Lipinski definition) is 0. The van der Waals surface area contributed by atoms with Gasteiger partial charge in [0.1, 0.15) is 17.3 Å². The Bertz CT molecular complexity index is 529. The molecule has 0 N–H and O–H groups in total. The highest BCUT2D eigenvalue weighted by atomic mass is 19.1. The molecule has 0 atom stereocenters. The molecule has 88 valence electrons. The van der Waals surface area contributed by atoms with Gasteiger partial charge in [-0.1, -0.05) is 13.8 Å². The van der Waals surface area contributed by atoms with E-state index in [-0.39, 0.29) is 17.6 Å². The lowest BCUT2D eigenvalue weighted by Crippen LogP contribution is -1.89. The Morgan fingerprint density at radius 3 is 2.47 bits per heavy atom. The zero-order valence-corrected chi connectivity index (χ0v) is 9.61. The molecule has 0 unspecified atom stereocenters. The van der Waals surface area contributed by atoms with E-state index in [0.29, 0.717) is 17.7 Å². The van der Waals surface area contributed by atoms with Gasteiger partial charge in [0.05, 0.1) is 0 Å². The third-order valence-electron chi connectivity index (χ3n) is 2.41. The predicted octanol–water partition coefficient (Wildman–Crippen LogP) is 3.42. The first kappa shape index (κ1) is 11.5. The van der Waals surface area contributed by atoms with Crippen LogP contribution in [0.4, 0.5) is 4.39 Å². The minimum absolute atomic E-state index is 0.0491. The lowest BCUT2D eigenvalue weighted by molar-refractivity contribution is 0.109. The highest BCUT2D eigenvalue weighted by molar-refractivity contribution is 5.71. The van der Waals surface area contributed by atoms with Crippen LogP contribution in [0.5, 0.6) is 0 Å². The number of aldehydes is 1. The van der Waals surface area contributed by atoms with Crippen LogP contribution in [0.25, 0.3) is 11.3 Å². The van der Waals surface area contributed by atoms with Crippen molar-refractivity contribution in [3.05, 3.63) is 41.7 Å². The van der Waals surface area contributed by atoms with Gasteiger partial charge in [0.2, 0.25) is 6.29 Å². The molecule has 17 heavy (non-hydrogen) atoms. The predicted molar refractivity (Wildman–Crippen MR) is 61.4 cm³/mol. The number of benzene rings is 1. The van der Waals surface area contributed by atoms with Crippen molar-refractivity contribution >= 4 is 6.29 Å². The van der Waals surface area contributed by atoms with E-state index in [4.69, 9.17) is 4.42 Å². The molecule has 3 nitrogen and oxygen atoms in total. The average molecular weight is 233 g/mol. The van der Waals surface area contributed by atoms with Crippen LogP contribution >= 0.6 is 0 Å². The fraction of sp³-hybridized carbons (Fsp3) is 0.231. The molecule has 0 fully saturated rings. The van der Waals surface area contributed by atoms with Crippen LogP contribution in [0.1, 0.15) is 36.2 Å². The fourth-order valence-corrected chi connectivity index (χ4v) is 1.61. The molecule has 2 rings (SSSR count). The number of halogens is 1. The van der Waals surface area contributed by atoms with Crippen molar-refractivity contribution in [2.24, 2.45) is 0 Å². The molecule has 0 aliphatic carbocycles. The van der Waals surface area contributed by atoms with Crippen LogP contribution in [0, 0.1) is 5.82 Å². The molecule has 0 saturated carbocycles. The van der Waals surface area contributed by atoms with Gasteiger partial charge in [-0.05, 0) is 24.3 Å². The number of oxazole rings is 1. The van der Waals surface area contributed by atoms with Gasteiger partial charge in [-0.3, -0.25) is 4.79 Å². The van der Waals surface area contributed by atoms with E-state index in [2.05, 4.69) is 4.98 Å². The number of aromatic nitrogens is 1. The van der Waals surface area contributed by atoms with E-state index in [1.165, 1.54) is 12.1 Å². The number of rotatable bonds is 3. The van der Waals surface area contributed by atoms with Gasteiger partial charge < -0.3 is 4.42 Å². The van der Waals surface area contributed by atoms with Crippen molar-refractivity contribution in [1.82, 2.24) is 4.98 Å². The highest BCUT2D eigenvalue weighted by Crippen LogP contribution is 2.29. The minimum Gasteiger partial charge on any atom is -0.438 e. The van der Waals surface area contributed by atoms with E-state index in [9.17, 15) is 9.18 Å². The maximum Gasteiger partial charge on any atom is 0.260 e. The maximum absolute atomic E-state index is 12.8. The van der Waals surface area contributed by atoms with Gasteiger partial charge in [-0.15, -0.1) is 0 Å². The van der Waals surface area contributed by atoms with Crippen molar-refractivity contribution in [3.8, 4) is 11.3 Å². The molecule has 0 aliphatic rings. The molecule has 2 aromatic rings. The molecule has 0 saturated heterocycles. The van der Waals surface area contributed by atoms with Crippen molar-refractivity contribution in [3.63, 3.8) is 0 Å². The maximum atomic E-state index is 12.8. The first-order valence-electron chi connectivity index (χ1n) is 5.33. The Kier molecular flexibility index (Phi) is 3.04. The Morgan fingerprint density at radius 1 is 1.29 bits per heavy atom. The van der Waals surface area contributed by atoms with E-state index < -0.39 is 0 Å². The summed E-state index contributed by atoms with van der Waals surface area (Å²) in [5.41, 5.74) is 1.34. The fourth-order valence-electron chi connectivity index (χ4n) is 1.61. The number of carbonyl (C=O) groups excluding carboxylic acids is 1. The summed E-state index contributed by atoms with van der Waals surface area (Å²) in [4.78, 5) is 14.8. The average Bonchev–Trinajstić information content (AvgIpc) is 2.74. The second-order valence-electron chi connectivity index (χ2n) is 4.04. The monoisotopic (exact) mass is 233 g/mol. The van der Waals surface area contributed by atoms with Crippen LogP contribution < -0.4 is 0 Å². The number of hydrogen-bond acceptors (Lipinski definition) is 3. The third kappa shape index (κ3) is 2.25. The zero-order valence-electron chi connectivity index (χ0n) is 9.61. The summed E-state index contributed by atoms with van der Waals surface area (Å²) >= 11 is 0. The van der Waals surface area contributed by atoms with Gasteiger partial charge in [-0.25, -0.2) is 9.37 Å². The first-order chi connectivity index (χ1) is 8.11. The first-order valence-corrected chi connectivity index (χ1v) is 5.33. The van der Waals surface area contributed by atoms with Gasteiger partial charge in [-0.2, -0.15) is 0 Å². The Morgan fingerprint density at radius 2 is 1.94 bits per heavy atom. The molecule has 0 radical (unpaired) electrons. The van der Waals surface area contributed by atoms with E-state index in [1.807, 2.05) is 13.8 Å². The van der Waals surface area contributed by atoms with Gasteiger partial charge >= 0.3 is 0 Å². The van der Waals surface area contributed by atoms with Crippen LogP contribution in [0.2, 0.25) is 0 Å². The molecule has 0 spiro atoms. The van der Waals surface area contributed by atoms with E-state index in [0.717, 1.165) is 5.56 Å². The summed E-state index contributed by atoms with van der Waals surface area (Å²) in [5, 5.41) is 0. The molecule has 1 aromatic heterocycles. The molecule has 0 aliphatic heterocycles. The highest BCUT2D eigenvalue weighted by Gasteiger charge is 2.17. The molecule has 4 heteroatoms. The van der Waals surface area contributed by atoms with Gasteiger partial charge in [0, 0.05) is 11.5 Å². The third-order valence-corrected chi connectivity index (χ3v) is 2.41. The number of carbonyl (C=O) groups is 1. The lowest BCUT2D eigenvalue weighted by Gasteiger charge is -2.03. The Hall–Kier alpha value is -1.97. The summed E-state index contributed by atoms with van der Waals surface area (Å²) < 4.78 is 18.2. The summed E-state index contributed by atoms with van der Waals surface area (Å²) in [6.45, 7) is 3.89. The summed E-state index contributed by atoms with van der Waals surface area (Å²) in [6.07, 6.45) is 0.568. The molecular weight excluding hydrogens is 221 g/mol. The standard InChI is InChI=1S/C13H12FNO2/c1-8(2)13-12(15-11(7-16)17-13)9-3-5-10(14)6-4-9/h3-8H,1-2H3. The van der Waals surface area contributed by atoms with Crippen molar-refractivity contribution in [2.45, 2.75) is 19.8 Å². The lowest BCUT2D eigenvalue weighted by atomic mass is 10.0. The van der Waals surface area contributed by atoms with Crippen LogP contribution in [-0.4, -0.2) is 11.3 Å². The summed E-state index contributed by atoms with van der Waals surface area (Å²) in [5.74, 6) is 0.488. The SMILES string of the molecule is CC(C)c1oc(C=O)nc1-c1ccc(F)cc1. The minimum atomic E-state index is -0.307. The topological polar surface area (TPSA) is 43.1 Å². The quantitative estimate of drug-likeness (QED) is 0.763. The molecule has 0 bridgehead atoms. The van der Waals surface area contributed by atoms with Gasteiger partial charge in [0.15, 0.2) is 0 Å². The molecule has 1 heterocycles. The number of nitrogens with zero attached hydrogens (tertiary/aromatic N) is 1. The van der Waals surface area contributed by atoms with Crippen LogP contribution in [-0.2, 0) is 0 Å². The van der Waals surface area contributed by atoms with Crippen molar-refractivity contribution in [2.75, 3.05) is 0 Å². The summed E-state index contributed by atoms with van der Waals surface area (Å²) in [7, 11) is 0. The zero-order chi connectivity index (χ0) is 12.4. The molecule has 1 aromatic carbocycles. The molecular formula is C13H12FNO2. The second-order valence-corrected chi connectivity index (χ2v) is 4.04. The van der Waals surface area contributed by atoms with E-state index in [1.54, 1.807) is 12.1 Å². The smallest absolute Gasteiger partial charge is 0.260 e. The van der Waals surface area contributed by atoms with Crippen LogP contribution in [0.15, 0.2) is 28.7 Å². The Labute approximate surface area is 98.3 Å². The largest absolute Gasteiger partial charge is 0.438 e. The van der Waals surface area contributed by atoms with Crippen LogP contribution in [0.3, 0.4) is 0 Å². The normalized spacial score (nSPS) is 10.8. The summed E-state index contributed by atoms with van der Waals surface area (Å²) in [6, 6.07) is 5.95. The second kappa shape index (κ2) is 4.49. The van der Waals surface area contributed by atoms with Crippen molar-refractivity contribution < 1.29 is 13.6 Å².